The van der Waals surface area contributed by atoms with Gasteiger partial charge in [-0.3, -0.25) is 4.79 Å². The molecule has 158 valence electrons. The van der Waals surface area contributed by atoms with E-state index in [1.54, 1.807) is 6.20 Å². The minimum atomic E-state index is -0.749. The summed E-state index contributed by atoms with van der Waals surface area (Å²) >= 11 is 8.09. The molecule has 1 aromatic heterocycles. The number of halogens is 1. The minimum Gasteiger partial charge on any atom is -0.453 e. The number of H-pyrrole nitrogens is 1. The van der Waals surface area contributed by atoms with E-state index in [9.17, 15) is 9.59 Å². The van der Waals surface area contributed by atoms with Crippen molar-refractivity contribution >= 4 is 40.6 Å². The molecule has 0 aliphatic rings. The molecular formula is C20H27BrN4O3S. The van der Waals surface area contributed by atoms with Gasteiger partial charge in [-0.1, -0.05) is 41.9 Å². The highest BCUT2D eigenvalue weighted by Crippen LogP contribution is 2.31. The van der Waals surface area contributed by atoms with E-state index in [4.69, 9.17) is 0 Å². The van der Waals surface area contributed by atoms with Crippen LogP contribution in [0.1, 0.15) is 39.6 Å². The molecule has 0 radical (unpaired) electrons. The molecule has 2 amide bonds. The van der Waals surface area contributed by atoms with E-state index >= 15 is 0 Å². The van der Waals surface area contributed by atoms with E-state index in [0.717, 1.165) is 15.7 Å². The van der Waals surface area contributed by atoms with Gasteiger partial charge < -0.3 is 20.4 Å². The van der Waals surface area contributed by atoms with Crippen LogP contribution < -0.4 is 10.6 Å². The molecule has 2 atom stereocenters. The monoisotopic (exact) mass is 482 g/mol. The number of thiol groups is 1. The Morgan fingerprint density at radius 3 is 2.34 bits per heavy atom. The number of ether oxygens (including phenoxy) is 1. The van der Waals surface area contributed by atoms with Gasteiger partial charge in [0.1, 0.15) is 17.9 Å². The number of amides is 2. The second-order valence-electron chi connectivity index (χ2n) is 7.64. The van der Waals surface area contributed by atoms with Gasteiger partial charge in [-0.2, -0.15) is 12.6 Å². The van der Waals surface area contributed by atoms with Crippen LogP contribution in [0.4, 0.5) is 4.79 Å². The van der Waals surface area contributed by atoms with Gasteiger partial charge >= 0.3 is 6.09 Å². The Labute approximate surface area is 184 Å². The zero-order valence-electron chi connectivity index (χ0n) is 17.1. The first-order valence-corrected chi connectivity index (χ1v) is 10.4. The minimum absolute atomic E-state index is 0.132. The number of nitrogens with one attached hydrogen (secondary N) is 3. The third-order valence-corrected chi connectivity index (χ3v) is 5.21. The molecule has 3 N–H and O–H groups in total. The van der Waals surface area contributed by atoms with E-state index in [1.807, 2.05) is 52.0 Å². The molecule has 0 unspecified atom stereocenters. The summed E-state index contributed by atoms with van der Waals surface area (Å²) in [6, 6.07) is 6.57. The number of aromatic amines is 1. The van der Waals surface area contributed by atoms with Crippen molar-refractivity contribution in [1.82, 2.24) is 20.6 Å². The summed E-state index contributed by atoms with van der Waals surface area (Å²) in [5, 5.41) is 5.55. The summed E-state index contributed by atoms with van der Waals surface area (Å²) < 4.78 is 5.00. The first-order valence-electron chi connectivity index (χ1n) is 9.21. The van der Waals surface area contributed by atoms with E-state index in [-0.39, 0.29) is 11.8 Å². The predicted octanol–water partition coefficient (Wildman–Crippen LogP) is 4.09. The van der Waals surface area contributed by atoms with Crippen molar-refractivity contribution in [3.8, 4) is 11.3 Å². The lowest BCUT2D eigenvalue weighted by atomic mass is 9.99. The molecule has 0 saturated heterocycles. The maximum absolute atomic E-state index is 12.9. The molecule has 0 spiro atoms. The summed E-state index contributed by atoms with van der Waals surface area (Å²) in [6.45, 7) is 7.47. The fraction of sp³-hybridized carbons (Fsp3) is 0.450. The standard InChI is InChI=1S/C20H27BrN4O3S/c1-11(2)15(24-19(27)28-5)18(26)25-16(20(3,4)29)17-22-10-14(23-17)12-6-8-13(21)9-7-12/h6-11,15-16,29H,1-5H3,(H,22,23)(H,24,27)(H,25,26)/t15-,16+/m0/s1. The third kappa shape index (κ3) is 6.24. The van der Waals surface area contributed by atoms with Crippen LogP contribution in [0.5, 0.6) is 0 Å². The van der Waals surface area contributed by atoms with Gasteiger partial charge in [-0.15, -0.1) is 0 Å². The Morgan fingerprint density at radius 2 is 1.83 bits per heavy atom. The van der Waals surface area contributed by atoms with Crippen molar-refractivity contribution < 1.29 is 14.3 Å². The van der Waals surface area contributed by atoms with Crippen molar-refractivity contribution in [2.45, 2.75) is 44.5 Å². The van der Waals surface area contributed by atoms with Crippen LogP contribution in [0, 0.1) is 5.92 Å². The number of carbonyl (C=O) groups is 2. The third-order valence-electron chi connectivity index (χ3n) is 4.43. The van der Waals surface area contributed by atoms with Crippen LogP contribution in [0.15, 0.2) is 34.9 Å². The van der Waals surface area contributed by atoms with Gasteiger partial charge in [0.15, 0.2) is 0 Å². The molecule has 0 bridgehead atoms. The van der Waals surface area contributed by atoms with Crippen molar-refractivity contribution in [2.24, 2.45) is 5.92 Å². The molecule has 9 heteroatoms. The zero-order chi connectivity index (χ0) is 21.8. The van der Waals surface area contributed by atoms with Crippen molar-refractivity contribution in [2.75, 3.05) is 7.11 Å². The molecule has 0 saturated carbocycles. The molecule has 29 heavy (non-hydrogen) atoms. The van der Waals surface area contributed by atoms with E-state index in [0.29, 0.717) is 5.82 Å². The molecule has 0 fully saturated rings. The largest absolute Gasteiger partial charge is 0.453 e. The number of hydrogen-bond acceptors (Lipinski definition) is 5. The Hall–Kier alpha value is -2.00. The van der Waals surface area contributed by atoms with Gasteiger partial charge in [-0.25, -0.2) is 9.78 Å². The highest BCUT2D eigenvalue weighted by Gasteiger charge is 2.34. The quantitative estimate of drug-likeness (QED) is 0.446. The average molecular weight is 483 g/mol. The predicted molar refractivity (Wildman–Crippen MR) is 120 cm³/mol. The SMILES string of the molecule is COC(=O)N[C@H](C(=O)N[C@H](c1ncc(-c2ccc(Br)cc2)[nH]1)C(C)(C)S)C(C)C. The van der Waals surface area contributed by atoms with Crippen molar-refractivity contribution in [1.29, 1.82) is 0 Å². The maximum atomic E-state index is 12.9. The van der Waals surface area contributed by atoms with Crippen molar-refractivity contribution in [3.63, 3.8) is 0 Å². The number of alkyl carbamates (subject to hydrolysis) is 1. The van der Waals surface area contributed by atoms with Crippen LogP contribution in [0.2, 0.25) is 0 Å². The average Bonchev–Trinajstić information content (AvgIpc) is 3.12. The lowest BCUT2D eigenvalue weighted by molar-refractivity contribution is -0.125. The first kappa shape index (κ1) is 23.3. The summed E-state index contributed by atoms with van der Waals surface area (Å²) in [5.41, 5.74) is 1.80. The summed E-state index contributed by atoms with van der Waals surface area (Å²) in [4.78, 5) is 32.3. The normalized spacial score (nSPS) is 13.7. The molecule has 7 nitrogen and oxygen atoms in total. The Bertz CT molecular complexity index is 846. The summed E-state index contributed by atoms with van der Waals surface area (Å²) in [7, 11) is 1.26. The van der Waals surface area contributed by atoms with Crippen molar-refractivity contribution in [3.05, 3.63) is 40.8 Å². The number of imidazole rings is 1. The summed E-state index contributed by atoms with van der Waals surface area (Å²) in [6.07, 6.45) is 1.07. The van der Waals surface area contributed by atoms with Gasteiger partial charge in [0, 0.05) is 9.22 Å². The first-order chi connectivity index (χ1) is 13.5. The number of methoxy groups -OCH3 is 1. The van der Waals surface area contributed by atoms with Crippen LogP contribution in [0.25, 0.3) is 11.3 Å². The Morgan fingerprint density at radius 1 is 1.21 bits per heavy atom. The lowest BCUT2D eigenvalue weighted by Gasteiger charge is -2.31. The van der Waals surface area contributed by atoms with Crippen LogP contribution in [-0.2, 0) is 9.53 Å². The van der Waals surface area contributed by atoms with Crippen LogP contribution >= 0.6 is 28.6 Å². The lowest BCUT2D eigenvalue weighted by Crippen LogP contribution is -2.52. The van der Waals surface area contributed by atoms with E-state index in [2.05, 4.69) is 53.9 Å². The van der Waals surface area contributed by atoms with Gasteiger partial charge in [0.25, 0.3) is 0 Å². The molecule has 1 aromatic carbocycles. The summed E-state index contributed by atoms with van der Waals surface area (Å²) in [5.74, 6) is 0.115. The number of nitrogens with zero attached hydrogens (tertiary/aromatic N) is 1. The molecule has 2 aromatic rings. The number of hydrogen-bond donors (Lipinski definition) is 4. The van der Waals surface area contributed by atoms with Gasteiger partial charge in [0.05, 0.1) is 19.0 Å². The number of carbonyl (C=O) groups excluding carboxylic acids is 2. The number of aromatic nitrogens is 2. The fourth-order valence-electron chi connectivity index (χ4n) is 2.79. The van der Waals surface area contributed by atoms with E-state index in [1.165, 1.54) is 7.11 Å². The molecule has 0 aliphatic heterocycles. The second kappa shape index (κ2) is 9.67. The van der Waals surface area contributed by atoms with Crippen LogP contribution in [0.3, 0.4) is 0 Å². The zero-order valence-corrected chi connectivity index (χ0v) is 19.6. The highest BCUT2D eigenvalue weighted by molar-refractivity contribution is 9.10. The van der Waals surface area contributed by atoms with Gasteiger partial charge in [0.2, 0.25) is 5.91 Å². The second-order valence-corrected chi connectivity index (χ2v) is 9.71. The topological polar surface area (TPSA) is 96.1 Å². The van der Waals surface area contributed by atoms with Gasteiger partial charge in [-0.05, 0) is 37.5 Å². The molecule has 2 rings (SSSR count). The fourth-order valence-corrected chi connectivity index (χ4v) is 3.24. The van der Waals surface area contributed by atoms with Crippen LogP contribution in [-0.4, -0.2) is 39.9 Å². The molecule has 1 heterocycles. The Balaban J connectivity index is 2.27. The number of rotatable bonds is 7. The molecule has 0 aliphatic carbocycles. The highest BCUT2D eigenvalue weighted by atomic mass is 79.9. The van der Waals surface area contributed by atoms with E-state index < -0.39 is 22.9 Å². The molecular weight excluding hydrogens is 456 g/mol. The smallest absolute Gasteiger partial charge is 0.407 e. The Kier molecular flexibility index (Phi) is 7.76. The number of benzene rings is 1. The maximum Gasteiger partial charge on any atom is 0.407 e.